The number of hydrogen-bond acceptors (Lipinski definition) is 4. The molecule has 0 saturated carbocycles. The molecular weight excluding hydrogens is 310 g/mol. The highest BCUT2D eigenvalue weighted by Gasteiger charge is 2.19. The van der Waals surface area contributed by atoms with Crippen LogP contribution in [0.5, 0.6) is 5.75 Å². The number of para-hydroxylation sites is 1. The van der Waals surface area contributed by atoms with Gasteiger partial charge in [-0.1, -0.05) is 39.0 Å². The van der Waals surface area contributed by atoms with E-state index in [1.807, 2.05) is 45.0 Å². The predicted octanol–water partition coefficient (Wildman–Crippen LogP) is 1.68. The van der Waals surface area contributed by atoms with Crippen LogP contribution in [0.3, 0.4) is 0 Å². The highest BCUT2D eigenvalue weighted by atomic mass is 32.1. The van der Waals surface area contributed by atoms with Gasteiger partial charge in [-0.2, -0.15) is 0 Å². The molecule has 0 aliphatic carbocycles. The van der Waals surface area contributed by atoms with Crippen molar-refractivity contribution in [1.29, 1.82) is 0 Å². The Kier molecular flexibility index (Phi) is 4.90. The molecule has 5 heteroatoms. The molecule has 0 N–H and O–H groups in total. The summed E-state index contributed by atoms with van der Waals surface area (Å²) in [5.41, 5.74) is 0.253. The number of aromatic nitrogens is 1. The number of Topliss-reactive ketones (excluding diaryl/α,β-unsaturated/α-hetero) is 1. The minimum Gasteiger partial charge on any atom is -0.496 e. The maximum Gasteiger partial charge on any atom is 0.268 e. The normalized spacial score (nSPS) is 13.4. The first-order valence-electron chi connectivity index (χ1n) is 7.31. The topological polar surface area (TPSA) is 48.3 Å². The summed E-state index contributed by atoms with van der Waals surface area (Å²) in [7, 11) is 3.28. The van der Waals surface area contributed by atoms with Crippen LogP contribution in [-0.4, -0.2) is 17.5 Å². The van der Waals surface area contributed by atoms with E-state index in [9.17, 15) is 9.59 Å². The van der Waals surface area contributed by atoms with Gasteiger partial charge >= 0.3 is 0 Å². The Morgan fingerprint density at radius 1 is 1.26 bits per heavy atom. The first-order valence-corrected chi connectivity index (χ1v) is 8.12. The molecule has 0 unspecified atom stereocenters. The van der Waals surface area contributed by atoms with Crippen molar-refractivity contribution >= 4 is 29.3 Å². The zero-order chi connectivity index (χ0) is 17.2. The van der Waals surface area contributed by atoms with Crippen LogP contribution in [0.4, 0.5) is 0 Å². The van der Waals surface area contributed by atoms with Crippen LogP contribution in [0, 0.1) is 5.41 Å². The van der Waals surface area contributed by atoms with Crippen LogP contribution >= 0.6 is 11.3 Å². The van der Waals surface area contributed by atoms with Gasteiger partial charge in [-0.3, -0.25) is 9.59 Å². The quantitative estimate of drug-likeness (QED) is 0.860. The fourth-order valence-corrected chi connectivity index (χ4v) is 2.98. The van der Waals surface area contributed by atoms with Crippen molar-refractivity contribution in [2.75, 3.05) is 7.11 Å². The molecule has 1 aromatic carbocycles. The number of thiazole rings is 1. The van der Waals surface area contributed by atoms with Crippen LogP contribution < -0.4 is 19.5 Å². The number of carbonyl (C=O) groups excluding carboxylic acids is 1. The molecule has 122 valence electrons. The largest absolute Gasteiger partial charge is 0.496 e. The summed E-state index contributed by atoms with van der Waals surface area (Å²) in [5, 5.41) is 0. The Morgan fingerprint density at radius 2 is 1.91 bits per heavy atom. The predicted molar refractivity (Wildman–Crippen MR) is 94.3 cm³/mol. The summed E-state index contributed by atoms with van der Waals surface area (Å²) in [6.45, 7) is 5.58. The first kappa shape index (κ1) is 17.2. The summed E-state index contributed by atoms with van der Waals surface area (Å²) in [5.74, 6) is 0.706. The highest BCUT2D eigenvalue weighted by molar-refractivity contribution is 7.07. The molecule has 2 rings (SSSR count). The van der Waals surface area contributed by atoms with E-state index < -0.39 is 5.41 Å². The molecular formula is C18H21NO3S. The van der Waals surface area contributed by atoms with Crippen LogP contribution in [0.15, 0.2) is 29.1 Å². The lowest BCUT2D eigenvalue weighted by molar-refractivity contribution is -0.120. The molecule has 0 aliphatic heterocycles. The van der Waals surface area contributed by atoms with Gasteiger partial charge in [-0.25, -0.2) is 0 Å². The Hall–Kier alpha value is -2.14. The number of ketones is 1. The molecule has 23 heavy (non-hydrogen) atoms. The third-order valence-electron chi connectivity index (χ3n) is 3.48. The van der Waals surface area contributed by atoms with Gasteiger partial charge in [0.1, 0.15) is 10.4 Å². The van der Waals surface area contributed by atoms with Gasteiger partial charge in [0.25, 0.3) is 5.56 Å². The van der Waals surface area contributed by atoms with E-state index >= 15 is 0 Å². The number of hydrogen-bond donors (Lipinski definition) is 0. The standard InChI is InChI=1S/C18H21NO3S/c1-18(2,3)15(20)11-16-19(4)17(21)14(23-16)10-12-8-6-7-9-13(12)22-5/h6-11H,1-5H3. The summed E-state index contributed by atoms with van der Waals surface area (Å²) >= 11 is 1.31. The van der Waals surface area contributed by atoms with E-state index in [1.165, 1.54) is 15.9 Å². The van der Waals surface area contributed by atoms with Crippen LogP contribution in [0.1, 0.15) is 26.3 Å². The second kappa shape index (κ2) is 6.54. The maximum absolute atomic E-state index is 12.4. The Morgan fingerprint density at radius 3 is 2.52 bits per heavy atom. The van der Waals surface area contributed by atoms with E-state index in [0.717, 1.165) is 5.56 Å². The van der Waals surface area contributed by atoms with Crippen molar-refractivity contribution in [2.45, 2.75) is 20.8 Å². The molecule has 4 nitrogen and oxygen atoms in total. The molecule has 0 saturated heterocycles. The molecule has 0 atom stereocenters. The van der Waals surface area contributed by atoms with Gasteiger partial charge in [0.05, 0.1) is 11.6 Å². The molecule has 1 heterocycles. The van der Waals surface area contributed by atoms with E-state index in [-0.39, 0.29) is 11.3 Å². The van der Waals surface area contributed by atoms with Gasteiger partial charge in [0.2, 0.25) is 0 Å². The third-order valence-corrected chi connectivity index (χ3v) is 4.59. The summed E-state index contributed by atoms with van der Waals surface area (Å²) in [6, 6.07) is 7.51. The van der Waals surface area contributed by atoms with Crippen molar-refractivity contribution in [2.24, 2.45) is 12.5 Å². The highest BCUT2D eigenvalue weighted by Crippen LogP contribution is 2.17. The average molecular weight is 331 g/mol. The van der Waals surface area contributed by atoms with Gasteiger partial charge < -0.3 is 9.30 Å². The lowest BCUT2D eigenvalue weighted by Crippen LogP contribution is -2.30. The SMILES string of the molecule is COc1ccccc1C=c1sc(=CC(=O)C(C)(C)C)n(C)c1=O. The van der Waals surface area contributed by atoms with Gasteiger partial charge in [-0.15, -0.1) is 11.3 Å². The van der Waals surface area contributed by atoms with Gasteiger partial charge in [0.15, 0.2) is 5.78 Å². The second-order valence-corrected chi connectivity index (χ2v) is 7.38. The molecule has 0 amide bonds. The number of carbonyl (C=O) groups is 1. The Bertz CT molecular complexity index is 898. The van der Waals surface area contributed by atoms with Gasteiger partial charge in [0, 0.05) is 24.1 Å². The minimum absolute atomic E-state index is 0.00167. The van der Waals surface area contributed by atoms with E-state index in [0.29, 0.717) is 14.9 Å². The fraction of sp³-hybridized carbons (Fsp3) is 0.333. The van der Waals surface area contributed by atoms with Crippen LogP contribution in [-0.2, 0) is 11.8 Å². The molecule has 0 radical (unpaired) electrons. The van der Waals surface area contributed by atoms with Crippen LogP contribution in [0.25, 0.3) is 12.2 Å². The number of benzene rings is 1. The lowest BCUT2D eigenvalue weighted by Gasteiger charge is -2.12. The molecule has 0 fully saturated rings. The van der Waals surface area contributed by atoms with Crippen molar-refractivity contribution in [3.8, 4) is 5.75 Å². The molecule has 0 bridgehead atoms. The monoisotopic (exact) mass is 331 g/mol. The van der Waals surface area contributed by atoms with E-state index in [2.05, 4.69) is 0 Å². The summed E-state index contributed by atoms with van der Waals surface area (Å²) in [4.78, 5) is 24.6. The zero-order valence-corrected chi connectivity index (χ0v) is 14.9. The number of nitrogens with zero attached hydrogens (tertiary/aromatic N) is 1. The molecule has 1 aromatic heterocycles. The summed E-state index contributed by atoms with van der Waals surface area (Å²) in [6.07, 6.45) is 3.34. The molecule has 2 aromatic rings. The zero-order valence-electron chi connectivity index (χ0n) is 14.0. The minimum atomic E-state index is -0.466. The fourth-order valence-electron chi connectivity index (χ4n) is 1.96. The smallest absolute Gasteiger partial charge is 0.268 e. The van der Waals surface area contributed by atoms with Crippen LogP contribution in [0.2, 0.25) is 0 Å². The van der Waals surface area contributed by atoms with Crippen molar-refractivity contribution in [3.63, 3.8) is 0 Å². The molecule has 0 aliphatic rings. The number of methoxy groups -OCH3 is 1. The number of ether oxygens (including phenoxy) is 1. The summed E-state index contributed by atoms with van der Waals surface area (Å²) < 4.78 is 8.04. The third kappa shape index (κ3) is 3.79. The average Bonchev–Trinajstić information content (AvgIpc) is 2.75. The first-order chi connectivity index (χ1) is 10.7. The van der Waals surface area contributed by atoms with E-state index in [1.54, 1.807) is 26.3 Å². The lowest BCUT2D eigenvalue weighted by atomic mass is 9.91. The second-order valence-electron chi connectivity index (χ2n) is 6.31. The number of rotatable bonds is 3. The molecule has 0 spiro atoms. The Balaban J connectivity index is 2.62. The Labute approximate surface area is 139 Å². The maximum atomic E-state index is 12.4. The van der Waals surface area contributed by atoms with Crippen molar-refractivity contribution in [1.82, 2.24) is 4.57 Å². The van der Waals surface area contributed by atoms with Crippen molar-refractivity contribution in [3.05, 3.63) is 49.4 Å². The van der Waals surface area contributed by atoms with Crippen molar-refractivity contribution < 1.29 is 9.53 Å². The van der Waals surface area contributed by atoms with E-state index in [4.69, 9.17) is 4.74 Å². The van der Waals surface area contributed by atoms with Gasteiger partial charge in [-0.05, 0) is 12.1 Å².